The normalized spacial score (nSPS) is 24.7. The van der Waals surface area contributed by atoms with E-state index >= 15 is 0 Å². The van der Waals surface area contributed by atoms with Crippen molar-refractivity contribution in [3.63, 3.8) is 0 Å². The second kappa shape index (κ2) is 25.0. The fourth-order valence-electron chi connectivity index (χ4n) is 9.05. The molecule has 3 aliphatic heterocycles. The highest BCUT2D eigenvalue weighted by molar-refractivity contribution is 5.92. The molecule has 0 amide bonds. The lowest BCUT2D eigenvalue weighted by Crippen LogP contribution is -2.68. The Kier molecular flexibility index (Phi) is 16.9. The molecule has 7 aromatic rings. The average molecular weight is 1040 g/mol. The summed E-state index contributed by atoms with van der Waals surface area (Å²) in [5.74, 6) is -4.11. The highest BCUT2D eigenvalue weighted by atomic mass is 16.8. The lowest BCUT2D eigenvalue weighted by molar-refractivity contribution is -0.383. The zero-order valence-corrected chi connectivity index (χ0v) is 41.2. The topological polar surface area (TPSA) is 187 Å². The van der Waals surface area contributed by atoms with Crippen LogP contribution in [-0.4, -0.2) is 104 Å². The van der Waals surface area contributed by atoms with Crippen LogP contribution in [0, 0.1) is 0 Å². The van der Waals surface area contributed by atoms with Crippen LogP contribution in [0.25, 0.3) is 0 Å². The van der Waals surface area contributed by atoms with E-state index in [1.54, 1.807) is 152 Å². The van der Waals surface area contributed by atoms with Crippen molar-refractivity contribution < 1.29 is 76.1 Å². The smallest absolute Gasteiger partial charge is 0.338 e. The minimum absolute atomic E-state index is 0.0863. The third kappa shape index (κ3) is 12.8. The number of hydrogen-bond donors (Lipinski definition) is 0. The number of carbonyl (C=O) groups excluding carboxylic acids is 5. The molecule has 392 valence electrons. The van der Waals surface area contributed by atoms with Gasteiger partial charge in [0, 0.05) is 5.56 Å². The molecule has 3 saturated heterocycles. The van der Waals surface area contributed by atoms with Gasteiger partial charge in [0.1, 0.15) is 31.0 Å². The quantitative estimate of drug-likeness (QED) is 0.0621. The fraction of sp³-hybridized carbons (Fsp3) is 0.230. The Hall–Kier alpha value is -8.35. The standard InChI is InChI=1S/C61H52O16/c62-54(40-24-10-2-11-25-40)67-37-46-49(50(72-55(63)41-26-12-3-13-27-41)52(74-57(65)43-30-16-5-17-31-43)60(70-46)68-36-39-22-8-1-9-23-39)77-61-53(75-58(66)44-32-18-6-19-33-44)51(73-56(64)42-28-14-4-15-29-42)48-47(71-61)38-69-59(76-48)45-34-20-7-21-35-45/h1-35,46-53,59-61H,36-38H2/t46?,47?,48-,49+,50?,51-,52?,53?,59?,60+,61-/m0/s1. The maximum absolute atomic E-state index is 14.5. The van der Waals surface area contributed by atoms with Gasteiger partial charge < -0.3 is 52.1 Å². The summed E-state index contributed by atoms with van der Waals surface area (Å²) in [6.07, 6.45) is -16.1. The summed E-state index contributed by atoms with van der Waals surface area (Å²) >= 11 is 0. The van der Waals surface area contributed by atoms with Gasteiger partial charge in [-0.1, -0.05) is 152 Å². The van der Waals surface area contributed by atoms with Gasteiger partial charge in [0.25, 0.3) is 0 Å². The maximum Gasteiger partial charge on any atom is 0.338 e. The fourth-order valence-corrected chi connectivity index (χ4v) is 9.05. The molecule has 16 heteroatoms. The molecule has 7 aromatic carbocycles. The Morgan fingerprint density at radius 2 is 0.805 bits per heavy atom. The summed E-state index contributed by atoms with van der Waals surface area (Å²) in [6.45, 7) is -0.814. The van der Waals surface area contributed by atoms with E-state index in [0.29, 0.717) is 11.1 Å². The van der Waals surface area contributed by atoms with E-state index in [2.05, 4.69) is 0 Å². The molecule has 0 bridgehead atoms. The van der Waals surface area contributed by atoms with Gasteiger partial charge in [-0.25, -0.2) is 24.0 Å². The Bertz CT molecular complexity index is 3040. The van der Waals surface area contributed by atoms with Crippen LogP contribution in [0.3, 0.4) is 0 Å². The second-order valence-corrected chi connectivity index (χ2v) is 18.1. The summed E-state index contributed by atoms with van der Waals surface area (Å²) in [5.41, 5.74) is 2.12. The van der Waals surface area contributed by atoms with E-state index in [4.69, 9.17) is 52.1 Å². The van der Waals surface area contributed by atoms with E-state index in [1.165, 1.54) is 12.1 Å². The molecule has 3 aliphatic rings. The zero-order chi connectivity index (χ0) is 52.9. The van der Waals surface area contributed by atoms with E-state index in [-0.39, 0.29) is 41.0 Å². The molecule has 0 N–H and O–H groups in total. The number of rotatable bonds is 17. The molecular formula is C61H52O16. The van der Waals surface area contributed by atoms with Crippen LogP contribution in [-0.2, 0) is 58.7 Å². The average Bonchev–Trinajstić information content (AvgIpc) is 3.51. The minimum Gasteiger partial charge on any atom is -0.459 e. The summed E-state index contributed by atoms with van der Waals surface area (Å²) in [7, 11) is 0. The number of hydrogen-bond acceptors (Lipinski definition) is 16. The molecule has 0 radical (unpaired) electrons. The van der Waals surface area contributed by atoms with Gasteiger partial charge >= 0.3 is 29.8 Å². The summed E-state index contributed by atoms with van der Waals surface area (Å²) in [4.78, 5) is 71.3. The predicted octanol–water partition coefficient (Wildman–Crippen LogP) is 8.91. The summed E-state index contributed by atoms with van der Waals surface area (Å²) < 4.78 is 71.3. The lowest BCUT2D eigenvalue weighted by Gasteiger charge is -2.50. The molecule has 3 heterocycles. The van der Waals surface area contributed by atoms with Gasteiger partial charge in [0.05, 0.1) is 41.0 Å². The number of benzene rings is 7. The first-order valence-corrected chi connectivity index (χ1v) is 25.0. The zero-order valence-electron chi connectivity index (χ0n) is 41.2. The van der Waals surface area contributed by atoms with E-state index < -0.39 is 104 Å². The number of carbonyl (C=O) groups is 5. The monoisotopic (exact) mass is 1040 g/mol. The molecular weight excluding hydrogens is 989 g/mol. The summed E-state index contributed by atoms with van der Waals surface area (Å²) in [6, 6.07) is 58.9. The maximum atomic E-state index is 14.5. The second-order valence-electron chi connectivity index (χ2n) is 18.1. The lowest BCUT2D eigenvalue weighted by atomic mass is 9.95. The number of ether oxygens (including phenoxy) is 11. The van der Waals surface area contributed by atoms with Crippen LogP contribution < -0.4 is 0 Å². The largest absolute Gasteiger partial charge is 0.459 e. The molecule has 10 rings (SSSR count). The molecule has 11 atom stereocenters. The Morgan fingerprint density at radius 3 is 1.29 bits per heavy atom. The first-order chi connectivity index (χ1) is 37.8. The first kappa shape index (κ1) is 52.1. The number of fused-ring (bicyclic) bond motifs is 1. The van der Waals surface area contributed by atoms with Gasteiger partial charge in [0.2, 0.25) is 0 Å². The van der Waals surface area contributed by atoms with Crippen molar-refractivity contribution >= 4 is 29.8 Å². The first-order valence-electron chi connectivity index (χ1n) is 25.0. The van der Waals surface area contributed by atoms with Crippen LogP contribution in [0.15, 0.2) is 212 Å². The Morgan fingerprint density at radius 1 is 0.403 bits per heavy atom. The minimum atomic E-state index is -1.76. The third-order valence-electron chi connectivity index (χ3n) is 12.9. The van der Waals surface area contributed by atoms with Gasteiger partial charge in [-0.3, -0.25) is 0 Å². The van der Waals surface area contributed by atoms with Crippen LogP contribution in [0.2, 0.25) is 0 Å². The summed E-state index contributed by atoms with van der Waals surface area (Å²) in [5, 5.41) is 0. The Labute approximate surface area is 443 Å². The van der Waals surface area contributed by atoms with E-state index in [9.17, 15) is 24.0 Å². The van der Waals surface area contributed by atoms with Crippen LogP contribution in [0.1, 0.15) is 69.2 Å². The van der Waals surface area contributed by atoms with Gasteiger partial charge in [-0.15, -0.1) is 0 Å². The van der Waals surface area contributed by atoms with Crippen LogP contribution in [0.5, 0.6) is 0 Å². The molecule has 0 spiro atoms. The molecule has 3 fully saturated rings. The molecule has 0 saturated carbocycles. The van der Waals surface area contributed by atoms with Crippen molar-refractivity contribution in [2.24, 2.45) is 0 Å². The van der Waals surface area contributed by atoms with Crippen molar-refractivity contribution in [3.05, 3.63) is 251 Å². The van der Waals surface area contributed by atoms with Crippen molar-refractivity contribution in [2.45, 2.75) is 74.3 Å². The van der Waals surface area contributed by atoms with Crippen molar-refractivity contribution in [1.82, 2.24) is 0 Å². The SMILES string of the molecule is O=C(OCC1O[C@@H](OCc2ccccc2)C(OC(=O)c2ccccc2)C(OC(=O)c2ccccc2)[C@@H]1O[C@@H]1OC2COC(c3ccccc3)O[C@@H]2[C@H](OC(=O)c2ccccc2)C1OC(=O)c1ccccc1)c1ccccc1. The van der Waals surface area contributed by atoms with Crippen molar-refractivity contribution in [3.8, 4) is 0 Å². The molecule has 6 unspecified atom stereocenters. The predicted molar refractivity (Wildman–Crippen MR) is 273 cm³/mol. The van der Waals surface area contributed by atoms with E-state index in [1.807, 2.05) is 48.5 Å². The van der Waals surface area contributed by atoms with Gasteiger partial charge in [0.15, 0.2) is 43.3 Å². The molecule has 0 aliphatic carbocycles. The van der Waals surface area contributed by atoms with E-state index in [0.717, 1.165) is 0 Å². The van der Waals surface area contributed by atoms with Gasteiger partial charge in [-0.05, 0) is 66.2 Å². The molecule has 0 aromatic heterocycles. The molecule has 77 heavy (non-hydrogen) atoms. The van der Waals surface area contributed by atoms with Crippen molar-refractivity contribution in [1.29, 1.82) is 0 Å². The highest BCUT2D eigenvalue weighted by Crippen LogP contribution is 2.40. The Balaban J connectivity index is 1.09. The third-order valence-corrected chi connectivity index (χ3v) is 12.9. The highest BCUT2D eigenvalue weighted by Gasteiger charge is 2.59. The van der Waals surface area contributed by atoms with Crippen LogP contribution >= 0.6 is 0 Å². The molecule has 16 nitrogen and oxygen atoms in total. The van der Waals surface area contributed by atoms with Gasteiger partial charge in [-0.2, -0.15) is 0 Å². The van der Waals surface area contributed by atoms with Crippen LogP contribution in [0.4, 0.5) is 0 Å². The number of esters is 5. The van der Waals surface area contributed by atoms with Crippen molar-refractivity contribution in [2.75, 3.05) is 13.2 Å².